The van der Waals surface area contributed by atoms with Gasteiger partial charge in [-0.2, -0.15) is 0 Å². The summed E-state index contributed by atoms with van der Waals surface area (Å²) >= 11 is 0. The highest BCUT2D eigenvalue weighted by molar-refractivity contribution is 5.95. The molecule has 9 heteroatoms. The second-order valence-corrected chi connectivity index (χ2v) is 10.5. The van der Waals surface area contributed by atoms with Crippen LogP contribution in [0.3, 0.4) is 0 Å². The number of benzene rings is 1. The van der Waals surface area contributed by atoms with Gasteiger partial charge in [-0.25, -0.2) is 0 Å². The van der Waals surface area contributed by atoms with Gasteiger partial charge < -0.3 is 34.9 Å². The first-order chi connectivity index (χ1) is 17.6. The van der Waals surface area contributed by atoms with Gasteiger partial charge in [0.05, 0.1) is 44.4 Å². The summed E-state index contributed by atoms with van der Waals surface area (Å²) in [6.07, 6.45) is 5.13. The van der Waals surface area contributed by atoms with Crippen molar-refractivity contribution in [2.24, 2.45) is 5.92 Å². The average molecular weight is 502 g/mol. The van der Waals surface area contributed by atoms with Gasteiger partial charge in [0.1, 0.15) is 11.9 Å². The standard InChI is InChI=1S/C27H39N3O6/c31-17-24-26-22(15-20(36-24)16-25(32)28-8-11-30-9-2-1-3-10-30)21-14-18(29-27(26)33)4-5-23(21)35-19-6-12-34-13-7-19/h4-5,14,19-20,22,24,26,31H,1-3,6-13,15-17H2,(H,28,32)(H,29,33)/t20-,22-,24-,26+/m0/s1. The van der Waals surface area contributed by atoms with Gasteiger partial charge in [-0.05, 0) is 50.6 Å². The van der Waals surface area contributed by atoms with Crippen molar-refractivity contribution in [2.75, 3.05) is 51.3 Å². The molecule has 9 nitrogen and oxygen atoms in total. The molecule has 36 heavy (non-hydrogen) atoms. The zero-order chi connectivity index (χ0) is 24.9. The number of hydrogen-bond acceptors (Lipinski definition) is 7. The molecule has 0 radical (unpaired) electrons. The molecule has 0 aromatic heterocycles. The molecule has 4 aliphatic rings. The number of hydrogen-bond donors (Lipinski definition) is 3. The second kappa shape index (κ2) is 11.9. The third-order valence-corrected chi connectivity index (χ3v) is 7.95. The van der Waals surface area contributed by atoms with Crippen LogP contribution in [0.5, 0.6) is 5.75 Å². The van der Waals surface area contributed by atoms with Crippen molar-refractivity contribution >= 4 is 17.5 Å². The van der Waals surface area contributed by atoms with Crippen molar-refractivity contribution in [3.05, 3.63) is 23.8 Å². The van der Waals surface area contributed by atoms with E-state index in [1.54, 1.807) is 0 Å². The van der Waals surface area contributed by atoms with Gasteiger partial charge in [0.25, 0.3) is 0 Å². The molecule has 0 saturated carbocycles. The Bertz CT molecular complexity index is 915. The minimum atomic E-state index is -0.680. The fourth-order valence-electron chi connectivity index (χ4n) is 6.07. The van der Waals surface area contributed by atoms with E-state index in [1.807, 2.05) is 18.2 Å². The van der Waals surface area contributed by atoms with E-state index in [0.29, 0.717) is 31.9 Å². The first-order valence-electron chi connectivity index (χ1n) is 13.6. The monoisotopic (exact) mass is 501 g/mol. The van der Waals surface area contributed by atoms with Crippen LogP contribution in [0.2, 0.25) is 0 Å². The van der Waals surface area contributed by atoms with Crippen LogP contribution >= 0.6 is 0 Å². The predicted molar refractivity (Wildman–Crippen MR) is 134 cm³/mol. The normalized spacial score (nSPS) is 29.1. The Kier molecular flexibility index (Phi) is 8.41. The summed E-state index contributed by atoms with van der Waals surface area (Å²) in [7, 11) is 0. The number of nitrogens with one attached hydrogen (secondary N) is 2. The molecule has 3 N–H and O–H groups in total. The summed E-state index contributed by atoms with van der Waals surface area (Å²) in [6.45, 7) is 4.76. The average Bonchev–Trinajstić information content (AvgIpc) is 3.00. The minimum Gasteiger partial charge on any atom is -0.490 e. The van der Waals surface area contributed by atoms with Crippen molar-refractivity contribution in [3.8, 4) is 5.75 Å². The van der Waals surface area contributed by atoms with Gasteiger partial charge in [-0.3, -0.25) is 9.59 Å². The molecule has 5 rings (SSSR count). The highest BCUT2D eigenvalue weighted by atomic mass is 16.5. The smallest absolute Gasteiger partial charge is 0.230 e. The van der Waals surface area contributed by atoms with E-state index in [2.05, 4.69) is 15.5 Å². The van der Waals surface area contributed by atoms with Crippen LogP contribution in [0, 0.1) is 5.92 Å². The Hall–Kier alpha value is -2.20. The highest BCUT2D eigenvalue weighted by Gasteiger charge is 2.46. The number of carbonyl (C=O) groups is 2. The molecular weight excluding hydrogens is 462 g/mol. The molecule has 2 amide bonds. The van der Waals surface area contributed by atoms with Crippen molar-refractivity contribution in [1.82, 2.24) is 10.2 Å². The molecule has 4 atom stereocenters. The van der Waals surface area contributed by atoms with Crippen LogP contribution < -0.4 is 15.4 Å². The van der Waals surface area contributed by atoms with E-state index in [4.69, 9.17) is 14.2 Å². The number of anilines is 1. The first-order valence-corrected chi connectivity index (χ1v) is 13.6. The quantitative estimate of drug-likeness (QED) is 0.500. The lowest BCUT2D eigenvalue weighted by Crippen LogP contribution is -2.48. The Morgan fingerprint density at radius 1 is 1.19 bits per heavy atom. The molecule has 4 aliphatic heterocycles. The number of rotatable bonds is 8. The van der Waals surface area contributed by atoms with Crippen molar-refractivity contribution < 1.29 is 28.9 Å². The summed E-state index contributed by atoms with van der Waals surface area (Å²) in [4.78, 5) is 28.3. The Labute approximate surface area is 212 Å². The maximum absolute atomic E-state index is 13.1. The summed E-state index contributed by atoms with van der Waals surface area (Å²) in [5, 5.41) is 16.1. The van der Waals surface area contributed by atoms with Gasteiger partial charge in [0.2, 0.25) is 11.8 Å². The van der Waals surface area contributed by atoms with Crippen LogP contribution in [0.1, 0.15) is 56.4 Å². The van der Waals surface area contributed by atoms with Gasteiger partial charge >= 0.3 is 0 Å². The van der Waals surface area contributed by atoms with Gasteiger partial charge in [-0.15, -0.1) is 0 Å². The Morgan fingerprint density at radius 3 is 2.78 bits per heavy atom. The number of carbonyl (C=O) groups excluding carboxylic acids is 2. The number of piperidine rings is 1. The van der Waals surface area contributed by atoms with Gasteiger partial charge in [-0.1, -0.05) is 6.42 Å². The van der Waals surface area contributed by atoms with Crippen LogP contribution in [-0.2, 0) is 19.1 Å². The minimum absolute atomic E-state index is 0.0577. The SMILES string of the molecule is O=C(C[C@@H]1C[C@H]2c3cc(ccc3OC3CCOCC3)NC(=O)[C@H]2[C@H](CO)O1)NCCN1CCCCC1. The zero-order valence-corrected chi connectivity index (χ0v) is 21.0. The third kappa shape index (κ3) is 6.02. The third-order valence-electron chi connectivity index (χ3n) is 7.95. The van der Waals surface area contributed by atoms with Crippen molar-refractivity contribution in [2.45, 2.75) is 69.2 Å². The molecule has 0 unspecified atom stereocenters. The molecule has 2 bridgehead atoms. The lowest BCUT2D eigenvalue weighted by Gasteiger charge is -2.40. The van der Waals surface area contributed by atoms with Gasteiger partial charge in [0, 0.05) is 43.1 Å². The van der Waals surface area contributed by atoms with Crippen molar-refractivity contribution in [3.63, 3.8) is 0 Å². The fourth-order valence-corrected chi connectivity index (χ4v) is 6.07. The number of amides is 2. The second-order valence-electron chi connectivity index (χ2n) is 10.5. The largest absolute Gasteiger partial charge is 0.490 e. The fraction of sp³-hybridized carbons (Fsp3) is 0.704. The number of likely N-dealkylation sites (tertiary alicyclic amines) is 1. The summed E-state index contributed by atoms with van der Waals surface area (Å²) in [6, 6.07) is 5.76. The Balaban J connectivity index is 1.27. The van der Waals surface area contributed by atoms with Crippen LogP contribution in [0.15, 0.2) is 18.2 Å². The first kappa shape index (κ1) is 25.4. The van der Waals surface area contributed by atoms with Crippen molar-refractivity contribution in [1.29, 1.82) is 0 Å². The van der Waals surface area contributed by atoms with E-state index in [0.717, 1.165) is 43.8 Å². The molecule has 1 aromatic rings. The van der Waals surface area contributed by atoms with E-state index < -0.39 is 12.0 Å². The van der Waals surface area contributed by atoms with E-state index in [1.165, 1.54) is 19.3 Å². The topological polar surface area (TPSA) is 109 Å². The summed E-state index contributed by atoms with van der Waals surface area (Å²) in [5.41, 5.74) is 1.66. The van der Waals surface area contributed by atoms with Crippen LogP contribution in [-0.4, -0.2) is 86.1 Å². The maximum Gasteiger partial charge on any atom is 0.230 e. The molecule has 3 fully saturated rings. The zero-order valence-electron chi connectivity index (χ0n) is 21.0. The summed E-state index contributed by atoms with van der Waals surface area (Å²) < 4.78 is 18.0. The number of aliphatic hydroxyl groups excluding tert-OH is 1. The van der Waals surface area contributed by atoms with Crippen LogP contribution in [0.25, 0.3) is 0 Å². The molecule has 198 valence electrons. The molecule has 4 heterocycles. The Morgan fingerprint density at radius 2 is 2.00 bits per heavy atom. The molecule has 1 aromatic carbocycles. The number of fused-ring (bicyclic) bond motifs is 4. The van der Waals surface area contributed by atoms with E-state index in [-0.39, 0.29) is 43.0 Å². The number of ether oxygens (including phenoxy) is 3. The van der Waals surface area contributed by atoms with Crippen LogP contribution in [0.4, 0.5) is 5.69 Å². The van der Waals surface area contributed by atoms with Gasteiger partial charge in [0.15, 0.2) is 0 Å². The lowest BCUT2D eigenvalue weighted by molar-refractivity contribution is -0.148. The molecule has 0 spiro atoms. The number of nitrogens with zero attached hydrogens (tertiary/aromatic N) is 1. The molecule has 3 saturated heterocycles. The predicted octanol–water partition coefficient (Wildman–Crippen LogP) is 2.04. The highest BCUT2D eigenvalue weighted by Crippen LogP contribution is 2.46. The summed E-state index contributed by atoms with van der Waals surface area (Å²) in [5.74, 6) is -0.218. The lowest BCUT2D eigenvalue weighted by atomic mass is 9.76. The number of aliphatic hydroxyl groups is 1. The van der Waals surface area contributed by atoms with E-state index in [9.17, 15) is 14.7 Å². The molecule has 0 aliphatic carbocycles. The van der Waals surface area contributed by atoms with E-state index >= 15 is 0 Å². The molecular formula is C27H39N3O6. The maximum atomic E-state index is 13.1.